The number of nitrogens with one attached hydrogen (secondary N) is 1. The molecule has 0 heterocycles. The SMILES string of the molecule is CCCC(C[C@H]1CCC2=CC(=Nc3ccc(F)cc3)C(=CN)C[C@@]21C)NC(=O)CC(C)(C)C. The zero-order valence-corrected chi connectivity index (χ0v) is 20.9. The van der Waals surface area contributed by atoms with E-state index in [2.05, 4.69) is 46.0 Å². The first-order chi connectivity index (χ1) is 15.5. The van der Waals surface area contributed by atoms with E-state index in [4.69, 9.17) is 10.7 Å². The Labute approximate surface area is 198 Å². The molecule has 0 saturated heterocycles. The lowest BCUT2D eigenvalue weighted by Crippen LogP contribution is -2.40. The van der Waals surface area contributed by atoms with Gasteiger partial charge >= 0.3 is 0 Å². The Bertz CT molecular complexity index is 939. The number of halogens is 1. The van der Waals surface area contributed by atoms with Gasteiger partial charge in [-0.3, -0.25) is 4.79 Å². The molecule has 2 aliphatic carbocycles. The number of rotatable bonds is 7. The molecule has 0 aromatic heterocycles. The third kappa shape index (κ3) is 6.33. The molecule has 0 bridgehead atoms. The lowest BCUT2D eigenvalue weighted by atomic mass is 9.67. The molecule has 1 amide bonds. The van der Waals surface area contributed by atoms with Crippen molar-refractivity contribution in [2.24, 2.45) is 27.5 Å². The van der Waals surface area contributed by atoms with Crippen molar-refractivity contribution in [2.45, 2.75) is 85.6 Å². The minimum Gasteiger partial charge on any atom is -0.404 e. The summed E-state index contributed by atoms with van der Waals surface area (Å²) in [5.41, 5.74) is 10.1. The van der Waals surface area contributed by atoms with Gasteiger partial charge in [0.05, 0.1) is 11.4 Å². The molecule has 1 aromatic carbocycles. The van der Waals surface area contributed by atoms with Gasteiger partial charge in [-0.1, -0.05) is 46.6 Å². The van der Waals surface area contributed by atoms with Gasteiger partial charge in [0, 0.05) is 12.5 Å². The van der Waals surface area contributed by atoms with Crippen LogP contribution in [0.4, 0.5) is 10.1 Å². The molecule has 0 spiro atoms. The van der Waals surface area contributed by atoms with E-state index in [9.17, 15) is 9.18 Å². The monoisotopic (exact) mass is 453 g/mol. The Hall–Kier alpha value is -2.43. The molecule has 3 atom stereocenters. The average molecular weight is 454 g/mol. The molecule has 2 aliphatic rings. The van der Waals surface area contributed by atoms with Gasteiger partial charge in [0.15, 0.2) is 0 Å². The Kier molecular flexibility index (Phi) is 7.81. The maximum Gasteiger partial charge on any atom is 0.220 e. The van der Waals surface area contributed by atoms with E-state index in [1.165, 1.54) is 17.7 Å². The van der Waals surface area contributed by atoms with Gasteiger partial charge in [-0.25, -0.2) is 9.38 Å². The zero-order chi connectivity index (χ0) is 24.2. The molecule has 1 saturated carbocycles. The lowest BCUT2D eigenvalue weighted by molar-refractivity contribution is -0.123. The van der Waals surface area contributed by atoms with E-state index in [0.29, 0.717) is 12.3 Å². The summed E-state index contributed by atoms with van der Waals surface area (Å²) in [6.07, 6.45) is 10.4. The van der Waals surface area contributed by atoms with Crippen LogP contribution in [-0.2, 0) is 4.79 Å². The molecule has 1 aromatic rings. The fourth-order valence-electron chi connectivity index (χ4n) is 5.42. The molecule has 3 rings (SSSR count). The van der Waals surface area contributed by atoms with Gasteiger partial charge in [0.25, 0.3) is 0 Å². The third-order valence-electron chi connectivity index (χ3n) is 7.13. The smallest absolute Gasteiger partial charge is 0.220 e. The fourth-order valence-corrected chi connectivity index (χ4v) is 5.42. The molecule has 1 unspecified atom stereocenters. The van der Waals surface area contributed by atoms with Gasteiger partial charge in [0.2, 0.25) is 5.91 Å². The van der Waals surface area contributed by atoms with Crippen molar-refractivity contribution in [3.05, 3.63) is 53.5 Å². The van der Waals surface area contributed by atoms with Crippen molar-refractivity contribution in [1.82, 2.24) is 5.32 Å². The highest BCUT2D eigenvalue weighted by Crippen LogP contribution is 2.55. The van der Waals surface area contributed by atoms with Crippen LogP contribution in [0, 0.1) is 22.6 Å². The van der Waals surface area contributed by atoms with Crippen molar-refractivity contribution in [3.63, 3.8) is 0 Å². The largest absolute Gasteiger partial charge is 0.404 e. The number of carbonyl (C=O) groups excluding carboxylic acids is 1. The number of aliphatic imine (C=N–C) groups is 1. The topological polar surface area (TPSA) is 67.5 Å². The number of carbonyl (C=O) groups is 1. The minimum absolute atomic E-state index is 0.0134. The summed E-state index contributed by atoms with van der Waals surface area (Å²) >= 11 is 0. The Balaban J connectivity index is 1.79. The summed E-state index contributed by atoms with van der Waals surface area (Å²) < 4.78 is 13.3. The first kappa shape index (κ1) is 25.2. The Morgan fingerprint density at radius 2 is 2.03 bits per heavy atom. The zero-order valence-electron chi connectivity index (χ0n) is 20.9. The molecule has 3 N–H and O–H groups in total. The van der Waals surface area contributed by atoms with Gasteiger partial charge < -0.3 is 11.1 Å². The van der Waals surface area contributed by atoms with Crippen LogP contribution in [0.15, 0.2) is 52.7 Å². The molecular formula is C28H40FN3O. The number of hydrogen-bond acceptors (Lipinski definition) is 3. The average Bonchev–Trinajstić information content (AvgIpc) is 3.03. The van der Waals surface area contributed by atoms with E-state index in [-0.39, 0.29) is 28.6 Å². The molecule has 0 aliphatic heterocycles. The molecule has 1 fully saturated rings. The summed E-state index contributed by atoms with van der Waals surface area (Å²) in [6, 6.07) is 6.44. The summed E-state index contributed by atoms with van der Waals surface area (Å²) in [5.74, 6) is 0.371. The van der Waals surface area contributed by atoms with Crippen LogP contribution < -0.4 is 11.1 Å². The van der Waals surface area contributed by atoms with E-state index in [1.54, 1.807) is 18.3 Å². The highest BCUT2D eigenvalue weighted by atomic mass is 19.1. The van der Waals surface area contributed by atoms with Crippen LogP contribution in [0.2, 0.25) is 0 Å². The van der Waals surface area contributed by atoms with Gasteiger partial charge in [-0.05, 0) is 91.0 Å². The highest BCUT2D eigenvalue weighted by molar-refractivity contribution is 6.11. The number of hydrogen-bond donors (Lipinski definition) is 2. The van der Waals surface area contributed by atoms with Crippen LogP contribution in [0.3, 0.4) is 0 Å². The van der Waals surface area contributed by atoms with Crippen LogP contribution in [0.25, 0.3) is 0 Å². The second-order valence-corrected chi connectivity index (χ2v) is 11.2. The first-order valence-corrected chi connectivity index (χ1v) is 12.3. The quantitative estimate of drug-likeness (QED) is 0.488. The van der Waals surface area contributed by atoms with Gasteiger partial charge in [-0.15, -0.1) is 0 Å². The predicted molar refractivity (Wildman–Crippen MR) is 135 cm³/mol. The molecule has 5 heteroatoms. The second kappa shape index (κ2) is 10.2. The standard InChI is InChI=1S/C28H40FN3O/c1-6-7-24(32-26(33)17-27(2,3)4)14-20-8-9-21-15-25(19(18-30)16-28(20,21)5)31-23-12-10-22(29)11-13-23/h10-13,15,18,20,24H,6-9,14,16-17,30H2,1-5H3,(H,32,33)/t20-,24?,28-/m1/s1. The normalized spacial score (nSPS) is 26.2. The number of nitrogens with zero attached hydrogens (tertiary/aromatic N) is 1. The van der Waals surface area contributed by atoms with Crippen molar-refractivity contribution < 1.29 is 9.18 Å². The molecule has 0 radical (unpaired) electrons. The number of allylic oxidation sites excluding steroid dienone is 3. The van der Waals surface area contributed by atoms with Crippen LogP contribution in [0.5, 0.6) is 0 Å². The van der Waals surface area contributed by atoms with Crippen LogP contribution in [0.1, 0.15) is 79.6 Å². The molecule has 33 heavy (non-hydrogen) atoms. The van der Waals surface area contributed by atoms with E-state index in [1.807, 2.05) is 0 Å². The number of fused-ring (bicyclic) bond motifs is 1. The Morgan fingerprint density at radius 1 is 1.33 bits per heavy atom. The molecular weight excluding hydrogens is 413 g/mol. The lowest BCUT2D eigenvalue weighted by Gasteiger charge is -2.39. The van der Waals surface area contributed by atoms with Gasteiger partial charge in [0.1, 0.15) is 5.82 Å². The third-order valence-corrected chi connectivity index (χ3v) is 7.13. The van der Waals surface area contributed by atoms with Gasteiger partial charge in [-0.2, -0.15) is 0 Å². The highest BCUT2D eigenvalue weighted by Gasteiger charge is 2.46. The predicted octanol–water partition coefficient (Wildman–Crippen LogP) is 6.60. The van der Waals surface area contributed by atoms with Crippen LogP contribution >= 0.6 is 0 Å². The number of nitrogens with two attached hydrogens (primary N) is 1. The van der Waals surface area contributed by atoms with E-state index < -0.39 is 0 Å². The van der Waals surface area contributed by atoms with Crippen molar-refractivity contribution in [2.75, 3.05) is 0 Å². The summed E-state index contributed by atoms with van der Waals surface area (Å²) in [6.45, 7) is 10.8. The summed E-state index contributed by atoms with van der Waals surface area (Å²) in [7, 11) is 0. The Morgan fingerprint density at radius 3 is 2.64 bits per heavy atom. The minimum atomic E-state index is -0.266. The van der Waals surface area contributed by atoms with Crippen molar-refractivity contribution in [3.8, 4) is 0 Å². The van der Waals surface area contributed by atoms with Crippen molar-refractivity contribution in [1.29, 1.82) is 0 Å². The number of amides is 1. The van der Waals surface area contributed by atoms with Crippen LogP contribution in [-0.4, -0.2) is 17.7 Å². The fraction of sp³-hybridized carbons (Fsp3) is 0.571. The van der Waals surface area contributed by atoms with E-state index >= 15 is 0 Å². The summed E-state index contributed by atoms with van der Waals surface area (Å²) in [4.78, 5) is 17.4. The molecule has 4 nitrogen and oxygen atoms in total. The summed E-state index contributed by atoms with van der Waals surface area (Å²) in [5, 5.41) is 3.33. The van der Waals surface area contributed by atoms with Crippen molar-refractivity contribution >= 4 is 17.3 Å². The second-order valence-electron chi connectivity index (χ2n) is 11.2. The maximum absolute atomic E-state index is 13.3. The molecule has 180 valence electrons. The first-order valence-electron chi connectivity index (χ1n) is 12.3. The number of benzene rings is 1. The maximum atomic E-state index is 13.3. The van der Waals surface area contributed by atoms with E-state index in [0.717, 1.165) is 55.5 Å².